The molecule has 0 aliphatic carbocycles. The lowest BCUT2D eigenvalue weighted by Gasteiger charge is -2.37. The van der Waals surface area contributed by atoms with Crippen molar-refractivity contribution in [3.8, 4) is 0 Å². The van der Waals surface area contributed by atoms with E-state index in [0.717, 1.165) is 56.6 Å². The first-order chi connectivity index (χ1) is 12.6. The summed E-state index contributed by atoms with van der Waals surface area (Å²) in [7, 11) is 0. The Kier molecular flexibility index (Phi) is 7.37. The molecule has 2 aliphatic rings. The number of likely N-dealkylation sites (tertiary alicyclic amines) is 1. The Hall–Kier alpha value is -2.39. The number of oxime groups is 1. The van der Waals surface area contributed by atoms with Gasteiger partial charge in [0.05, 0.1) is 18.9 Å². The van der Waals surface area contributed by atoms with Gasteiger partial charge in [0.25, 0.3) is 0 Å². The Balaban J connectivity index is 0.00000261. The summed E-state index contributed by atoms with van der Waals surface area (Å²) < 4.78 is 4.97. The molecule has 146 valence electrons. The molecular weight excluding hydrogens is 342 g/mol. The monoisotopic (exact) mass is 371 g/mol. The number of nitrogens with zero attached hydrogens (tertiary/aromatic N) is 3. The second-order valence-corrected chi connectivity index (χ2v) is 6.90. The molecule has 3 rings (SSSR count). The molecule has 1 aromatic rings. The molecule has 1 fully saturated rings. The minimum Gasteiger partial charge on any atom is -0.466 e. The molecule has 1 saturated heterocycles. The summed E-state index contributed by atoms with van der Waals surface area (Å²) >= 11 is 0. The number of ether oxygens (including phenoxy) is 1. The number of esters is 1. The van der Waals surface area contributed by atoms with Gasteiger partial charge in [0.15, 0.2) is 5.69 Å². The molecule has 0 radical (unpaired) electrons. The van der Waals surface area contributed by atoms with Crippen LogP contribution in [0.5, 0.6) is 0 Å². The maximum atomic E-state index is 11.4. The standard InChI is InChI=1S/C20H25N3O3.CH4/c1-3-25-19(24)5-4-12-23-13-10-20(11-14-23)15-18(22-26-20)16-6-8-17(21-2)9-7-16;/h6-9H,3-5,10-15H2,1H3;1H4. The highest BCUT2D eigenvalue weighted by atomic mass is 16.7. The van der Waals surface area contributed by atoms with Crippen LogP contribution in [0, 0.1) is 6.57 Å². The van der Waals surface area contributed by atoms with Crippen molar-refractivity contribution in [2.45, 2.75) is 52.1 Å². The summed E-state index contributed by atoms with van der Waals surface area (Å²) in [5, 5.41) is 4.33. The van der Waals surface area contributed by atoms with E-state index in [4.69, 9.17) is 16.1 Å². The fourth-order valence-corrected chi connectivity index (χ4v) is 3.54. The van der Waals surface area contributed by atoms with Gasteiger partial charge in [-0.05, 0) is 25.5 Å². The van der Waals surface area contributed by atoms with E-state index in [1.165, 1.54) is 0 Å². The number of carbonyl (C=O) groups excluding carboxylic acids is 1. The summed E-state index contributed by atoms with van der Waals surface area (Å²) in [5.74, 6) is -0.109. The lowest BCUT2D eigenvalue weighted by molar-refractivity contribution is -0.143. The maximum absolute atomic E-state index is 11.4. The highest BCUT2D eigenvalue weighted by Gasteiger charge is 2.42. The van der Waals surface area contributed by atoms with Gasteiger partial charge in [0.2, 0.25) is 0 Å². The summed E-state index contributed by atoms with van der Waals surface area (Å²) in [5.41, 5.74) is 2.45. The molecule has 1 spiro atoms. The van der Waals surface area contributed by atoms with Crippen molar-refractivity contribution in [3.63, 3.8) is 0 Å². The number of benzene rings is 1. The SMILES string of the molecule is C.[C-]#[N+]c1ccc(C2=NOC3(CCN(CCCC(=O)OCC)CC3)C2)cc1. The molecule has 2 aliphatic heterocycles. The van der Waals surface area contributed by atoms with Crippen LogP contribution >= 0.6 is 0 Å². The Morgan fingerprint density at radius 2 is 2.04 bits per heavy atom. The largest absolute Gasteiger partial charge is 0.466 e. The molecule has 1 aromatic carbocycles. The van der Waals surface area contributed by atoms with E-state index >= 15 is 0 Å². The van der Waals surface area contributed by atoms with Gasteiger partial charge in [-0.2, -0.15) is 0 Å². The Morgan fingerprint density at radius 3 is 2.67 bits per heavy atom. The van der Waals surface area contributed by atoms with Crippen molar-refractivity contribution in [1.29, 1.82) is 0 Å². The zero-order chi connectivity index (χ0) is 18.4. The van der Waals surface area contributed by atoms with Crippen LogP contribution in [0.3, 0.4) is 0 Å². The van der Waals surface area contributed by atoms with Crippen molar-refractivity contribution < 1.29 is 14.4 Å². The summed E-state index contributed by atoms with van der Waals surface area (Å²) in [4.78, 5) is 23.1. The first kappa shape index (κ1) is 20.9. The number of hydrogen-bond donors (Lipinski definition) is 0. The zero-order valence-corrected chi connectivity index (χ0v) is 15.2. The molecule has 0 aromatic heterocycles. The molecule has 0 unspecified atom stereocenters. The van der Waals surface area contributed by atoms with Crippen LogP contribution in [-0.2, 0) is 14.4 Å². The average molecular weight is 371 g/mol. The molecule has 2 heterocycles. The van der Waals surface area contributed by atoms with E-state index < -0.39 is 0 Å². The second-order valence-electron chi connectivity index (χ2n) is 6.90. The highest BCUT2D eigenvalue weighted by Crippen LogP contribution is 2.36. The molecular formula is C21H29N3O3. The van der Waals surface area contributed by atoms with Gasteiger partial charge >= 0.3 is 5.97 Å². The first-order valence-corrected chi connectivity index (χ1v) is 9.25. The van der Waals surface area contributed by atoms with Crippen molar-refractivity contribution in [2.75, 3.05) is 26.2 Å². The second kappa shape index (κ2) is 9.52. The lowest BCUT2D eigenvalue weighted by atomic mass is 9.85. The van der Waals surface area contributed by atoms with Crippen LogP contribution in [0.2, 0.25) is 0 Å². The van der Waals surface area contributed by atoms with Gasteiger partial charge in [-0.1, -0.05) is 36.8 Å². The summed E-state index contributed by atoms with van der Waals surface area (Å²) in [6, 6.07) is 7.53. The molecule has 0 amide bonds. The Bertz CT molecular complexity index is 698. The molecule has 6 heteroatoms. The van der Waals surface area contributed by atoms with Crippen molar-refractivity contribution in [2.24, 2.45) is 5.16 Å². The first-order valence-electron chi connectivity index (χ1n) is 9.25. The number of rotatable bonds is 6. The molecule has 0 bridgehead atoms. The van der Waals surface area contributed by atoms with Gasteiger partial charge in [-0.25, -0.2) is 4.85 Å². The fourth-order valence-electron chi connectivity index (χ4n) is 3.54. The van der Waals surface area contributed by atoms with E-state index in [1.807, 2.05) is 31.2 Å². The lowest BCUT2D eigenvalue weighted by Crippen LogP contribution is -2.44. The predicted molar refractivity (Wildman–Crippen MR) is 106 cm³/mol. The summed E-state index contributed by atoms with van der Waals surface area (Å²) in [6.45, 7) is 12.2. The highest BCUT2D eigenvalue weighted by molar-refractivity contribution is 6.01. The number of piperidine rings is 1. The van der Waals surface area contributed by atoms with Gasteiger partial charge in [-0.3, -0.25) is 4.79 Å². The van der Waals surface area contributed by atoms with Crippen LogP contribution < -0.4 is 0 Å². The smallest absolute Gasteiger partial charge is 0.305 e. The molecule has 0 N–H and O–H groups in total. The van der Waals surface area contributed by atoms with Gasteiger partial charge in [0, 0.05) is 38.8 Å². The van der Waals surface area contributed by atoms with E-state index in [1.54, 1.807) is 0 Å². The predicted octanol–water partition coefficient (Wildman–Crippen LogP) is 4.18. The Labute approximate surface area is 162 Å². The van der Waals surface area contributed by atoms with Crippen molar-refractivity contribution in [3.05, 3.63) is 41.2 Å². The zero-order valence-electron chi connectivity index (χ0n) is 15.2. The topological polar surface area (TPSA) is 55.5 Å². The quantitative estimate of drug-likeness (QED) is 0.556. The van der Waals surface area contributed by atoms with Gasteiger partial charge < -0.3 is 14.5 Å². The minimum absolute atomic E-state index is 0. The maximum Gasteiger partial charge on any atom is 0.305 e. The van der Waals surface area contributed by atoms with Crippen LogP contribution in [-0.4, -0.2) is 48.4 Å². The third-order valence-corrected chi connectivity index (χ3v) is 5.10. The third kappa shape index (κ3) is 5.30. The fraction of sp³-hybridized carbons (Fsp3) is 0.571. The van der Waals surface area contributed by atoms with E-state index in [2.05, 4.69) is 14.9 Å². The molecule has 0 atom stereocenters. The van der Waals surface area contributed by atoms with Crippen LogP contribution in [0.4, 0.5) is 5.69 Å². The number of hydrogen-bond acceptors (Lipinski definition) is 5. The Morgan fingerprint density at radius 1 is 1.33 bits per heavy atom. The van der Waals surface area contributed by atoms with Crippen LogP contribution in [0.25, 0.3) is 4.85 Å². The van der Waals surface area contributed by atoms with Crippen molar-refractivity contribution in [1.82, 2.24) is 4.90 Å². The molecule has 0 saturated carbocycles. The van der Waals surface area contributed by atoms with Crippen LogP contribution in [0.15, 0.2) is 29.4 Å². The normalized spacial score (nSPS) is 18.1. The third-order valence-electron chi connectivity index (χ3n) is 5.10. The van der Waals surface area contributed by atoms with E-state index in [9.17, 15) is 4.79 Å². The number of carbonyl (C=O) groups is 1. The van der Waals surface area contributed by atoms with Crippen LogP contribution in [0.1, 0.15) is 52.0 Å². The molecule has 27 heavy (non-hydrogen) atoms. The van der Waals surface area contributed by atoms with Gasteiger partial charge in [0.1, 0.15) is 5.60 Å². The minimum atomic E-state index is -0.189. The average Bonchev–Trinajstić information content (AvgIpc) is 3.08. The van der Waals surface area contributed by atoms with Crippen molar-refractivity contribution >= 4 is 17.4 Å². The summed E-state index contributed by atoms with van der Waals surface area (Å²) in [6.07, 6.45) is 4.03. The molecule has 6 nitrogen and oxygen atoms in total. The van der Waals surface area contributed by atoms with E-state index in [-0.39, 0.29) is 19.0 Å². The van der Waals surface area contributed by atoms with Gasteiger partial charge in [-0.15, -0.1) is 0 Å². The van der Waals surface area contributed by atoms with E-state index in [0.29, 0.717) is 18.7 Å².